The molecule has 0 bridgehead atoms. The van der Waals surface area contributed by atoms with E-state index < -0.39 is 7.94 Å². The van der Waals surface area contributed by atoms with Gasteiger partial charge in [0.05, 0.1) is 5.34 Å². The van der Waals surface area contributed by atoms with Crippen LogP contribution in [0.25, 0.3) is 0 Å². The van der Waals surface area contributed by atoms with E-state index in [2.05, 4.69) is 0 Å². The molecule has 0 aliphatic carbocycles. The highest BCUT2D eigenvalue weighted by Gasteiger charge is 2.27. The summed E-state index contributed by atoms with van der Waals surface area (Å²) in [6.07, 6.45) is 1.70. The molecule has 0 atom stereocenters. The lowest BCUT2D eigenvalue weighted by Gasteiger charge is -2.00. The predicted octanol–water partition coefficient (Wildman–Crippen LogP) is 1.95. The Bertz CT molecular complexity index is 76.6. The van der Waals surface area contributed by atoms with Gasteiger partial charge in [0, 0.05) is 0 Å². The Labute approximate surface area is 77.5 Å². The molecule has 0 aromatic carbocycles. The molecule has 6 heteroatoms. The van der Waals surface area contributed by atoms with Gasteiger partial charge in [-0.05, 0) is 6.42 Å². The molecular formula is C5H14Cl2O3P+. The third-order valence-corrected chi connectivity index (χ3v) is 1.73. The number of unbranched alkanes of at least 4 members (excludes halogenated alkanes) is 1. The molecule has 11 heavy (non-hydrogen) atoms. The van der Waals surface area contributed by atoms with Gasteiger partial charge in [-0.2, -0.15) is 14.7 Å². The van der Waals surface area contributed by atoms with Gasteiger partial charge < -0.3 is 0 Å². The average Bonchev–Trinajstić information content (AvgIpc) is 1.84. The van der Waals surface area contributed by atoms with Crippen molar-refractivity contribution in [1.82, 2.24) is 0 Å². The fourth-order valence-corrected chi connectivity index (χ4v) is 1.11. The standard InChI is InChI=1S/C4H12O3P.CH2Cl2/c1-2-3-4-8(5,6)7;2-1-3/h5-7H,2-4H2,1H3;1H2/q+1;. The van der Waals surface area contributed by atoms with Crippen LogP contribution in [-0.2, 0) is 0 Å². The van der Waals surface area contributed by atoms with E-state index in [1.165, 1.54) is 0 Å². The van der Waals surface area contributed by atoms with Gasteiger partial charge in [0.25, 0.3) is 0 Å². The molecule has 0 saturated heterocycles. The van der Waals surface area contributed by atoms with Crippen LogP contribution in [-0.4, -0.2) is 26.2 Å². The van der Waals surface area contributed by atoms with E-state index in [0.717, 1.165) is 6.42 Å². The van der Waals surface area contributed by atoms with Crippen LogP contribution in [0.5, 0.6) is 0 Å². The van der Waals surface area contributed by atoms with Gasteiger partial charge in [0.1, 0.15) is 6.16 Å². The largest absolute Gasteiger partial charge is 0.403 e. The molecule has 0 aliphatic heterocycles. The summed E-state index contributed by atoms with van der Waals surface area (Å²) in [6.45, 7) is 1.93. The highest BCUT2D eigenvalue weighted by molar-refractivity contribution is 7.58. The first-order valence-electron chi connectivity index (χ1n) is 3.16. The fourth-order valence-electron chi connectivity index (χ4n) is 0.370. The molecule has 0 heterocycles. The quantitative estimate of drug-likeness (QED) is 0.507. The third-order valence-electron chi connectivity index (χ3n) is 0.812. The Morgan fingerprint density at radius 2 is 1.55 bits per heavy atom. The highest BCUT2D eigenvalue weighted by atomic mass is 35.5. The van der Waals surface area contributed by atoms with E-state index >= 15 is 0 Å². The lowest BCUT2D eigenvalue weighted by atomic mass is 10.4. The van der Waals surface area contributed by atoms with Gasteiger partial charge in [-0.25, -0.2) is 0 Å². The summed E-state index contributed by atoms with van der Waals surface area (Å²) in [7, 11) is -3.43. The summed E-state index contributed by atoms with van der Waals surface area (Å²) in [5, 5.41) is 0.194. The van der Waals surface area contributed by atoms with E-state index in [1.54, 1.807) is 0 Å². The molecule has 0 rings (SSSR count). The minimum absolute atomic E-state index is 0.142. The summed E-state index contributed by atoms with van der Waals surface area (Å²) in [5.41, 5.74) is 0. The van der Waals surface area contributed by atoms with Crippen molar-refractivity contribution >= 4 is 31.1 Å². The maximum Gasteiger partial charge on any atom is 0.403 e. The van der Waals surface area contributed by atoms with Crippen LogP contribution in [0.15, 0.2) is 0 Å². The molecule has 0 radical (unpaired) electrons. The minimum Gasteiger partial charge on any atom is -0.193 e. The highest BCUT2D eigenvalue weighted by Crippen LogP contribution is 2.44. The number of rotatable bonds is 3. The first-order chi connectivity index (χ1) is 4.97. The van der Waals surface area contributed by atoms with Gasteiger partial charge >= 0.3 is 7.94 Å². The average molecular weight is 224 g/mol. The first kappa shape index (κ1) is 14.4. The van der Waals surface area contributed by atoms with E-state index in [0.29, 0.717) is 6.42 Å². The second-order valence-corrected chi connectivity index (χ2v) is 4.51. The molecule has 70 valence electrons. The van der Waals surface area contributed by atoms with Crippen LogP contribution in [0.4, 0.5) is 0 Å². The Hall–Kier alpha value is 0.890. The topological polar surface area (TPSA) is 60.7 Å². The van der Waals surface area contributed by atoms with Crippen molar-refractivity contribution in [3.05, 3.63) is 0 Å². The summed E-state index contributed by atoms with van der Waals surface area (Å²) in [4.78, 5) is 25.1. The molecule has 0 saturated carbocycles. The molecule has 0 aromatic heterocycles. The Morgan fingerprint density at radius 1 is 1.18 bits per heavy atom. The molecule has 0 spiro atoms. The molecule has 3 nitrogen and oxygen atoms in total. The van der Waals surface area contributed by atoms with Gasteiger partial charge in [0.2, 0.25) is 0 Å². The first-order valence-corrected chi connectivity index (χ1v) is 6.06. The van der Waals surface area contributed by atoms with Crippen molar-refractivity contribution in [3.8, 4) is 0 Å². The fraction of sp³-hybridized carbons (Fsp3) is 1.00. The van der Waals surface area contributed by atoms with Crippen LogP contribution in [0.2, 0.25) is 0 Å². The monoisotopic (exact) mass is 223 g/mol. The van der Waals surface area contributed by atoms with E-state index in [1.807, 2.05) is 6.92 Å². The van der Waals surface area contributed by atoms with Crippen molar-refractivity contribution in [2.45, 2.75) is 19.8 Å². The number of alkyl halides is 2. The predicted molar refractivity (Wildman–Crippen MR) is 49.9 cm³/mol. The molecule has 3 N–H and O–H groups in total. The summed E-state index contributed by atoms with van der Waals surface area (Å²) >= 11 is 9.53. The number of hydrogen-bond donors (Lipinski definition) is 3. The second kappa shape index (κ2) is 8.98. The second-order valence-electron chi connectivity index (χ2n) is 1.87. The lowest BCUT2D eigenvalue weighted by molar-refractivity contribution is 0.329. The third kappa shape index (κ3) is 24.8. The van der Waals surface area contributed by atoms with Crippen LogP contribution in [0.1, 0.15) is 19.8 Å². The van der Waals surface area contributed by atoms with Crippen molar-refractivity contribution < 1.29 is 14.7 Å². The van der Waals surface area contributed by atoms with Crippen LogP contribution in [0.3, 0.4) is 0 Å². The maximum atomic E-state index is 8.37. The molecular weight excluding hydrogens is 210 g/mol. The van der Waals surface area contributed by atoms with E-state index in [9.17, 15) is 0 Å². The zero-order chi connectivity index (χ0) is 9.33. The Balaban J connectivity index is 0. The van der Waals surface area contributed by atoms with Gasteiger partial charge in [-0.1, -0.05) is 13.3 Å². The zero-order valence-corrected chi connectivity index (χ0v) is 8.78. The minimum atomic E-state index is -3.43. The molecule has 0 amide bonds. The van der Waals surface area contributed by atoms with E-state index in [-0.39, 0.29) is 11.5 Å². The normalized spacial score (nSPS) is 10.4. The van der Waals surface area contributed by atoms with Crippen LogP contribution in [0, 0.1) is 0 Å². The van der Waals surface area contributed by atoms with Crippen LogP contribution >= 0.6 is 31.1 Å². The maximum absolute atomic E-state index is 8.37. The molecule has 0 aliphatic rings. The summed E-state index contributed by atoms with van der Waals surface area (Å²) in [6, 6.07) is 0. The molecule has 0 fully saturated rings. The van der Waals surface area contributed by atoms with E-state index in [4.69, 9.17) is 37.9 Å². The van der Waals surface area contributed by atoms with Gasteiger partial charge in [0.15, 0.2) is 0 Å². The zero-order valence-electron chi connectivity index (χ0n) is 6.37. The summed E-state index contributed by atoms with van der Waals surface area (Å²) in [5.74, 6) is 0. The van der Waals surface area contributed by atoms with Crippen LogP contribution < -0.4 is 0 Å². The number of halogens is 2. The number of hydrogen-bond acceptors (Lipinski definition) is 3. The van der Waals surface area contributed by atoms with Crippen molar-refractivity contribution in [2.24, 2.45) is 0 Å². The van der Waals surface area contributed by atoms with Crippen molar-refractivity contribution in [1.29, 1.82) is 0 Å². The lowest BCUT2D eigenvalue weighted by Crippen LogP contribution is -1.93. The van der Waals surface area contributed by atoms with Crippen molar-refractivity contribution in [3.63, 3.8) is 0 Å². The molecule has 0 unspecified atom stereocenters. The van der Waals surface area contributed by atoms with Gasteiger partial charge in [-0.3, -0.25) is 0 Å². The smallest absolute Gasteiger partial charge is 0.193 e. The Morgan fingerprint density at radius 3 is 1.64 bits per heavy atom. The van der Waals surface area contributed by atoms with Gasteiger partial charge in [-0.15, -0.1) is 23.2 Å². The molecule has 0 aromatic rings. The van der Waals surface area contributed by atoms with Crippen molar-refractivity contribution in [2.75, 3.05) is 11.5 Å². The Kier molecular flexibility index (Phi) is 11.8. The SMILES string of the molecule is CCCC[P+](O)(O)O.ClCCl. The summed E-state index contributed by atoms with van der Waals surface area (Å²) < 4.78 is 0.